The van der Waals surface area contributed by atoms with Crippen LogP contribution in [-0.4, -0.2) is 28.8 Å². The fourth-order valence-electron chi connectivity index (χ4n) is 4.70. The number of rotatable bonds is 13. The molecule has 0 spiro atoms. The van der Waals surface area contributed by atoms with Gasteiger partial charge in [-0.2, -0.15) is 25.3 Å². The molecule has 218 valence electrons. The molecule has 40 heavy (non-hydrogen) atoms. The summed E-state index contributed by atoms with van der Waals surface area (Å²) in [7, 11) is 0. The molecule has 3 aromatic rings. The number of benzene rings is 3. The zero-order valence-corrected chi connectivity index (χ0v) is 27.3. The van der Waals surface area contributed by atoms with Gasteiger partial charge in [0.2, 0.25) is 0 Å². The van der Waals surface area contributed by atoms with Gasteiger partial charge in [-0.05, 0) is 68.8 Å². The second kappa shape index (κ2) is 14.6. The SMILES string of the molecule is CC(S)COc1ccc(C(C)C)cc1Cc1cc(C(C)C)cc(Cc2cc(C(C)C)ccc2OCC(C)S)c1O. The molecule has 0 fully saturated rings. The van der Waals surface area contributed by atoms with Crippen molar-refractivity contribution in [2.24, 2.45) is 0 Å². The molecule has 3 rings (SSSR count). The van der Waals surface area contributed by atoms with Crippen molar-refractivity contribution in [3.63, 3.8) is 0 Å². The summed E-state index contributed by atoms with van der Waals surface area (Å²) in [6.45, 7) is 18.3. The molecule has 0 aliphatic heterocycles. The van der Waals surface area contributed by atoms with Gasteiger partial charge in [0.15, 0.2) is 0 Å². The van der Waals surface area contributed by atoms with Crippen LogP contribution >= 0.6 is 25.3 Å². The van der Waals surface area contributed by atoms with Gasteiger partial charge in [0.25, 0.3) is 0 Å². The topological polar surface area (TPSA) is 38.7 Å². The average molecular weight is 581 g/mol. The number of phenols is 1. The van der Waals surface area contributed by atoms with E-state index in [2.05, 4.69) is 115 Å². The van der Waals surface area contributed by atoms with Crippen LogP contribution in [0.1, 0.15) is 112 Å². The van der Waals surface area contributed by atoms with Crippen molar-refractivity contribution in [1.82, 2.24) is 0 Å². The van der Waals surface area contributed by atoms with Gasteiger partial charge in [0.1, 0.15) is 17.2 Å². The number of ether oxygens (including phenoxy) is 2. The first-order chi connectivity index (χ1) is 18.8. The lowest BCUT2D eigenvalue weighted by atomic mass is 9.89. The first kappa shape index (κ1) is 32.3. The first-order valence-electron chi connectivity index (χ1n) is 14.6. The van der Waals surface area contributed by atoms with E-state index in [1.54, 1.807) is 0 Å². The Balaban J connectivity index is 2.08. The molecule has 0 radical (unpaired) electrons. The molecule has 0 saturated carbocycles. The molecule has 2 atom stereocenters. The molecular formula is C35H48O3S2. The molecule has 5 heteroatoms. The molecular weight excluding hydrogens is 533 g/mol. The molecule has 0 amide bonds. The lowest BCUT2D eigenvalue weighted by Gasteiger charge is -2.20. The third kappa shape index (κ3) is 8.88. The van der Waals surface area contributed by atoms with Gasteiger partial charge < -0.3 is 14.6 Å². The zero-order chi connectivity index (χ0) is 29.6. The average Bonchev–Trinajstić information content (AvgIpc) is 2.88. The van der Waals surface area contributed by atoms with E-state index in [9.17, 15) is 5.11 Å². The van der Waals surface area contributed by atoms with E-state index in [-0.39, 0.29) is 10.5 Å². The van der Waals surface area contributed by atoms with Crippen LogP contribution in [0.4, 0.5) is 0 Å². The highest BCUT2D eigenvalue weighted by atomic mass is 32.1. The summed E-state index contributed by atoms with van der Waals surface area (Å²) in [5, 5.41) is 11.9. The Labute approximate surface area is 253 Å². The first-order valence-corrected chi connectivity index (χ1v) is 15.6. The molecule has 0 saturated heterocycles. The standard InChI is InChI=1S/C35H48O3S2/c1-21(2)26-9-11-33(37-19-24(7)39)29(13-26)17-31-15-28(23(5)6)16-32(35(31)36)18-30-14-27(22(3)4)10-12-34(30)38-20-25(8)40/h9-16,21-25,36,39-40H,17-20H2,1-8H3. The van der Waals surface area contributed by atoms with E-state index in [1.165, 1.54) is 16.7 Å². The highest BCUT2D eigenvalue weighted by Gasteiger charge is 2.18. The van der Waals surface area contributed by atoms with Gasteiger partial charge in [-0.15, -0.1) is 0 Å². The van der Waals surface area contributed by atoms with Crippen LogP contribution < -0.4 is 9.47 Å². The molecule has 0 aromatic heterocycles. The Morgan fingerprint density at radius 1 is 0.550 bits per heavy atom. The van der Waals surface area contributed by atoms with E-state index < -0.39 is 0 Å². The van der Waals surface area contributed by atoms with Crippen LogP contribution in [0.5, 0.6) is 17.2 Å². The van der Waals surface area contributed by atoms with Crippen molar-refractivity contribution in [1.29, 1.82) is 0 Å². The van der Waals surface area contributed by atoms with Crippen molar-refractivity contribution in [2.45, 2.75) is 96.5 Å². The molecule has 0 aliphatic carbocycles. The largest absolute Gasteiger partial charge is 0.507 e. The third-order valence-electron chi connectivity index (χ3n) is 7.18. The Bertz CT molecular complexity index is 1170. The van der Waals surface area contributed by atoms with Gasteiger partial charge in [0.05, 0.1) is 13.2 Å². The summed E-state index contributed by atoms with van der Waals surface area (Å²) in [6.07, 6.45) is 1.17. The van der Waals surface area contributed by atoms with E-state index in [0.717, 1.165) is 33.8 Å². The van der Waals surface area contributed by atoms with Crippen molar-refractivity contribution in [2.75, 3.05) is 13.2 Å². The van der Waals surface area contributed by atoms with Gasteiger partial charge in [-0.3, -0.25) is 0 Å². The molecule has 1 N–H and O–H groups in total. The van der Waals surface area contributed by atoms with Gasteiger partial charge in [0, 0.05) is 23.3 Å². The Kier molecular flexibility index (Phi) is 11.8. The Morgan fingerprint density at radius 2 is 0.900 bits per heavy atom. The summed E-state index contributed by atoms with van der Waals surface area (Å²) in [4.78, 5) is 0. The van der Waals surface area contributed by atoms with Crippen LogP contribution in [0.25, 0.3) is 0 Å². The lowest BCUT2D eigenvalue weighted by molar-refractivity contribution is 0.319. The third-order valence-corrected chi connectivity index (χ3v) is 7.48. The van der Waals surface area contributed by atoms with Crippen LogP contribution in [0.2, 0.25) is 0 Å². The Morgan fingerprint density at radius 3 is 1.23 bits per heavy atom. The molecule has 0 bridgehead atoms. The summed E-state index contributed by atoms with van der Waals surface area (Å²) in [6, 6.07) is 17.2. The molecule has 3 aromatic carbocycles. The minimum absolute atomic E-state index is 0.130. The van der Waals surface area contributed by atoms with Crippen LogP contribution in [0.15, 0.2) is 48.5 Å². The van der Waals surface area contributed by atoms with Crippen LogP contribution in [0.3, 0.4) is 0 Å². The van der Waals surface area contributed by atoms with E-state index in [0.29, 0.717) is 49.6 Å². The van der Waals surface area contributed by atoms with E-state index >= 15 is 0 Å². The van der Waals surface area contributed by atoms with E-state index in [4.69, 9.17) is 9.47 Å². The van der Waals surface area contributed by atoms with Crippen molar-refractivity contribution in [3.8, 4) is 17.2 Å². The normalized spacial score (nSPS) is 13.2. The maximum absolute atomic E-state index is 11.7. The second-order valence-corrected chi connectivity index (χ2v) is 13.8. The lowest BCUT2D eigenvalue weighted by Crippen LogP contribution is -2.10. The monoisotopic (exact) mass is 580 g/mol. The molecule has 0 heterocycles. The van der Waals surface area contributed by atoms with Crippen molar-refractivity contribution in [3.05, 3.63) is 87.5 Å². The molecule has 0 aliphatic rings. The van der Waals surface area contributed by atoms with Crippen molar-refractivity contribution < 1.29 is 14.6 Å². The molecule has 3 nitrogen and oxygen atoms in total. The van der Waals surface area contributed by atoms with Crippen LogP contribution in [-0.2, 0) is 12.8 Å². The zero-order valence-electron chi connectivity index (χ0n) is 25.5. The smallest absolute Gasteiger partial charge is 0.122 e. The number of phenolic OH excluding ortho intramolecular Hbond substituents is 1. The highest BCUT2D eigenvalue weighted by Crippen LogP contribution is 2.36. The quantitative estimate of drug-likeness (QED) is 0.176. The fraction of sp³-hybridized carbons (Fsp3) is 0.486. The highest BCUT2D eigenvalue weighted by molar-refractivity contribution is 7.81. The predicted octanol–water partition coefficient (Wildman–Crippen LogP) is 9.34. The number of hydrogen-bond acceptors (Lipinski definition) is 5. The minimum Gasteiger partial charge on any atom is -0.507 e. The van der Waals surface area contributed by atoms with Gasteiger partial charge in [-0.25, -0.2) is 0 Å². The second-order valence-electron chi connectivity index (χ2n) is 12.1. The summed E-state index contributed by atoms with van der Waals surface area (Å²) in [5.41, 5.74) is 7.71. The maximum atomic E-state index is 11.7. The summed E-state index contributed by atoms with van der Waals surface area (Å²) in [5.74, 6) is 3.16. The van der Waals surface area contributed by atoms with Gasteiger partial charge >= 0.3 is 0 Å². The predicted molar refractivity (Wildman–Crippen MR) is 177 cm³/mol. The Hall–Kier alpha value is -2.24. The summed E-state index contributed by atoms with van der Waals surface area (Å²) < 4.78 is 12.3. The number of hydrogen-bond donors (Lipinski definition) is 3. The maximum Gasteiger partial charge on any atom is 0.122 e. The van der Waals surface area contributed by atoms with Gasteiger partial charge in [-0.1, -0.05) is 91.8 Å². The number of thiol groups is 2. The van der Waals surface area contributed by atoms with Crippen LogP contribution in [0, 0.1) is 0 Å². The number of aromatic hydroxyl groups is 1. The van der Waals surface area contributed by atoms with E-state index in [1.807, 2.05) is 13.8 Å². The minimum atomic E-state index is 0.130. The fourth-order valence-corrected chi connectivity index (χ4v) is 4.84. The molecule has 2 unspecified atom stereocenters. The summed E-state index contributed by atoms with van der Waals surface area (Å²) >= 11 is 9.00. The van der Waals surface area contributed by atoms with Crippen molar-refractivity contribution >= 4 is 25.3 Å².